The molecule has 0 unspecified atom stereocenters. The number of ether oxygens (including phenoxy) is 1. The van der Waals surface area contributed by atoms with Crippen LogP contribution in [-0.2, 0) is 14.8 Å². The molecule has 0 fully saturated rings. The number of nitrogens with one attached hydrogen (secondary N) is 1. The summed E-state index contributed by atoms with van der Waals surface area (Å²) >= 11 is 11.9. The topological polar surface area (TPSA) is 75.7 Å². The molecule has 2 aromatic carbocycles. The van der Waals surface area contributed by atoms with Crippen LogP contribution in [0, 0.1) is 0 Å². The van der Waals surface area contributed by atoms with E-state index in [9.17, 15) is 13.2 Å². The first kappa shape index (κ1) is 19.5. The summed E-state index contributed by atoms with van der Waals surface area (Å²) in [6.07, 6.45) is 0. The van der Waals surface area contributed by atoms with E-state index in [-0.39, 0.29) is 22.3 Å². The largest absolute Gasteiger partial charge is 0.482 e. The molecule has 1 amide bonds. The van der Waals surface area contributed by atoms with Gasteiger partial charge in [-0.15, -0.1) is 0 Å². The van der Waals surface area contributed by atoms with Crippen LogP contribution in [0.25, 0.3) is 0 Å². The van der Waals surface area contributed by atoms with Crippen molar-refractivity contribution < 1.29 is 17.9 Å². The Morgan fingerprint density at radius 1 is 1.16 bits per heavy atom. The van der Waals surface area contributed by atoms with E-state index in [1.54, 1.807) is 24.3 Å². The van der Waals surface area contributed by atoms with Crippen molar-refractivity contribution in [2.75, 3.05) is 26.0 Å². The summed E-state index contributed by atoms with van der Waals surface area (Å²) in [5, 5.41) is 3.22. The minimum Gasteiger partial charge on any atom is -0.482 e. The lowest BCUT2D eigenvalue weighted by molar-refractivity contribution is -0.118. The molecule has 0 heterocycles. The fourth-order valence-electron chi connectivity index (χ4n) is 1.88. The Morgan fingerprint density at radius 3 is 2.48 bits per heavy atom. The summed E-state index contributed by atoms with van der Waals surface area (Å²) in [7, 11) is -0.742. The maximum absolute atomic E-state index is 12.0. The van der Waals surface area contributed by atoms with E-state index < -0.39 is 15.9 Å². The Kier molecular flexibility index (Phi) is 6.29. The zero-order chi connectivity index (χ0) is 18.6. The van der Waals surface area contributed by atoms with Crippen LogP contribution >= 0.6 is 23.2 Å². The van der Waals surface area contributed by atoms with Crippen molar-refractivity contribution in [3.05, 3.63) is 52.5 Å². The van der Waals surface area contributed by atoms with Crippen molar-refractivity contribution in [1.29, 1.82) is 0 Å². The van der Waals surface area contributed by atoms with Gasteiger partial charge in [-0.25, -0.2) is 12.7 Å². The van der Waals surface area contributed by atoms with Crippen LogP contribution in [-0.4, -0.2) is 39.3 Å². The van der Waals surface area contributed by atoms with Crippen molar-refractivity contribution in [3.8, 4) is 5.75 Å². The summed E-state index contributed by atoms with van der Waals surface area (Å²) in [6, 6.07) is 10.7. The number of rotatable bonds is 6. The molecule has 0 aliphatic carbocycles. The summed E-state index contributed by atoms with van der Waals surface area (Å²) in [5.41, 5.74) is 0.541. The third-order valence-corrected chi connectivity index (χ3v) is 5.49. The third kappa shape index (κ3) is 5.09. The number of anilines is 1. The monoisotopic (exact) mass is 402 g/mol. The Hall–Kier alpha value is -1.80. The number of benzene rings is 2. The van der Waals surface area contributed by atoms with Crippen LogP contribution in [0.15, 0.2) is 47.4 Å². The number of hydrogen-bond acceptors (Lipinski definition) is 4. The lowest BCUT2D eigenvalue weighted by Crippen LogP contribution is -2.22. The Morgan fingerprint density at radius 2 is 1.88 bits per heavy atom. The summed E-state index contributed by atoms with van der Waals surface area (Å²) in [4.78, 5) is 11.9. The molecule has 0 saturated heterocycles. The quantitative estimate of drug-likeness (QED) is 0.804. The third-order valence-electron chi connectivity index (χ3n) is 3.15. The average molecular weight is 403 g/mol. The Balaban J connectivity index is 2.02. The van der Waals surface area contributed by atoms with E-state index in [4.69, 9.17) is 27.9 Å². The molecule has 0 bridgehead atoms. The van der Waals surface area contributed by atoms with Gasteiger partial charge in [-0.2, -0.15) is 0 Å². The predicted molar refractivity (Wildman–Crippen MR) is 97.9 cm³/mol. The standard InChI is InChI=1S/C16H16Cl2N2O4S/c1-20(2)25(22,23)13-6-7-15(14(18)9-13)24-10-16(21)19-12-5-3-4-11(17)8-12/h3-9H,10H2,1-2H3,(H,19,21). The minimum atomic E-state index is -3.59. The van der Waals surface area contributed by atoms with Crippen molar-refractivity contribution in [2.45, 2.75) is 4.90 Å². The predicted octanol–water partition coefficient (Wildman–Crippen LogP) is 3.26. The van der Waals surface area contributed by atoms with Crippen molar-refractivity contribution in [2.24, 2.45) is 0 Å². The van der Waals surface area contributed by atoms with E-state index in [1.165, 1.54) is 32.3 Å². The highest BCUT2D eigenvalue weighted by Crippen LogP contribution is 2.28. The van der Waals surface area contributed by atoms with Crippen molar-refractivity contribution in [3.63, 3.8) is 0 Å². The fourth-order valence-corrected chi connectivity index (χ4v) is 3.30. The molecule has 0 spiro atoms. The fraction of sp³-hybridized carbons (Fsp3) is 0.188. The van der Waals surface area contributed by atoms with E-state index >= 15 is 0 Å². The van der Waals surface area contributed by atoms with Gasteiger partial charge in [0.2, 0.25) is 10.0 Å². The molecule has 0 aromatic heterocycles. The van der Waals surface area contributed by atoms with Crippen molar-refractivity contribution in [1.82, 2.24) is 4.31 Å². The second-order valence-corrected chi connectivity index (χ2v) is 8.22. The van der Waals surface area contributed by atoms with E-state index in [1.807, 2.05) is 0 Å². The van der Waals surface area contributed by atoms with Gasteiger partial charge in [0.25, 0.3) is 5.91 Å². The molecule has 0 aliphatic rings. The second-order valence-electron chi connectivity index (χ2n) is 5.23. The summed E-state index contributed by atoms with van der Waals surface area (Å²) < 4.78 is 30.5. The molecule has 0 radical (unpaired) electrons. The molecule has 0 atom stereocenters. The van der Waals surface area contributed by atoms with Gasteiger partial charge in [0, 0.05) is 24.8 Å². The molecule has 0 aliphatic heterocycles. The van der Waals surface area contributed by atoms with Gasteiger partial charge in [-0.3, -0.25) is 4.79 Å². The van der Waals surface area contributed by atoms with Gasteiger partial charge in [-0.05, 0) is 36.4 Å². The van der Waals surface area contributed by atoms with Gasteiger partial charge < -0.3 is 10.1 Å². The maximum atomic E-state index is 12.0. The molecule has 6 nitrogen and oxygen atoms in total. The van der Waals surface area contributed by atoms with Gasteiger partial charge in [0.1, 0.15) is 5.75 Å². The van der Waals surface area contributed by atoms with Gasteiger partial charge >= 0.3 is 0 Å². The van der Waals surface area contributed by atoms with Crippen LogP contribution in [0.4, 0.5) is 5.69 Å². The molecule has 0 saturated carbocycles. The van der Waals surface area contributed by atoms with Crippen LogP contribution in [0.3, 0.4) is 0 Å². The molecule has 2 rings (SSSR count). The van der Waals surface area contributed by atoms with Crippen LogP contribution < -0.4 is 10.1 Å². The first-order valence-corrected chi connectivity index (χ1v) is 9.30. The zero-order valence-electron chi connectivity index (χ0n) is 13.5. The molecule has 1 N–H and O–H groups in total. The Labute approximate surface area is 156 Å². The second kappa shape index (κ2) is 8.05. The van der Waals surface area contributed by atoms with E-state index in [2.05, 4.69) is 5.32 Å². The SMILES string of the molecule is CN(C)S(=O)(=O)c1ccc(OCC(=O)Nc2cccc(Cl)c2)c(Cl)c1. The highest BCUT2D eigenvalue weighted by atomic mass is 35.5. The molecule has 25 heavy (non-hydrogen) atoms. The van der Waals surface area contributed by atoms with Gasteiger partial charge in [-0.1, -0.05) is 29.3 Å². The molecule has 134 valence electrons. The normalized spacial score (nSPS) is 11.4. The number of amides is 1. The van der Waals surface area contributed by atoms with Gasteiger partial charge in [0.05, 0.1) is 9.92 Å². The zero-order valence-corrected chi connectivity index (χ0v) is 15.8. The van der Waals surface area contributed by atoms with Crippen LogP contribution in [0.5, 0.6) is 5.75 Å². The lowest BCUT2D eigenvalue weighted by Gasteiger charge is -2.13. The number of halogens is 2. The molecule has 2 aromatic rings. The number of carbonyl (C=O) groups excluding carboxylic acids is 1. The summed E-state index contributed by atoms with van der Waals surface area (Å²) in [5.74, 6) is -0.191. The van der Waals surface area contributed by atoms with E-state index in [0.29, 0.717) is 10.7 Å². The smallest absolute Gasteiger partial charge is 0.262 e. The maximum Gasteiger partial charge on any atom is 0.262 e. The lowest BCUT2D eigenvalue weighted by atomic mass is 10.3. The summed E-state index contributed by atoms with van der Waals surface area (Å²) in [6.45, 7) is -0.286. The highest BCUT2D eigenvalue weighted by Gasteiger charge is 2.19. The van der Waals surface area contributed by atoms with Gasteiger partial charge in [0.15, 0.2) is 6.61 Å². The average Bonchev–Trinajstić information content (AvgIpc) is 2.53. The first-order chi connectivity index (χ1) is 11.7. The molecule has 9 heteroatoms. The van der Waals surface area contributed by atoms with E-state index in [0.717, 1.165) is 4.31 Å². The number of hydrogen-bond donors (Lipinski definition) is 1. The first-order valence-electron chi connectivity index (χ1n) is 7.10. The molecular weight excluding hydrogens is 387 g/mol. The number of nitrogens with zero attached hydrogens (tertiary/aromatic N) is 1. The van der Waals surface area contributed by atoms with Crippen LogP contribution in [0.2, 0.25) is 10.0 Å². The van der Waals surface area contributed by atoms with Crippen molar-refractivity contribution >= 4 is 44.8 Å². The number of carbonyl (C=O) groups is 1. The molecular formula is C16H16Cl2N2O4S. The minimum absolute atomic E-state index is 0.0400. The highest BCUT2D eigenvalue weighted by molar-refractivity contribution is 7.89. The number of sulfonamides is 1. The Bertz CT molecular complexity index is 885. The van der Waals surface area contributed by atoms with Crippen LogP contribution in [0.1, 0.15) is 0 Å².